The fourth-order valence-electron chi connectivity index (χ4n) is 1.87. The van der Waals surface area contributed by atoms with Gasteiger partial charge in [-0.15, -0.1) is 0 Å². The third-order valence-corrected chi connectivity index (χ3v) is 3.20. The highest BCUT2D eigenvalue weighted by molar-refractivity contribution is 4.87. The van der Waals surface area contributed by atoms with Crippen molar-refractivity contribution in [2.24, 2.45) is 0 Å². The molecular weight excluding hydrogens is 178 g/mol. The van der Waals surface area contributed by atoms with Gasteiger partial charge in [-0.2, -0.15) is 0 Å². The first-order chi connectivity index (χ1) is 6.76. The lowest BCUT2D eigenvalue weighted by Crippen LogP contribution is -2.46. The van der Waals surface area contributed by atoms with Crippen LogP contribution >= 0.6 is 0 Å². The lowest BCUT2D eigenvalue weighted by Gasteiger charge is -2.28. The topological polar surface area (TPSA) is 30.5 Å². The van der Waals surface area contributed by atoms with Crippen LogP contribution in [-0.2, 0) is 9.47 Å². The molecule has 1 atom stereocenters. The van der Waals surface area contributed by atoms with E-state index < -0.39 is 0 Å². The zero-order valence-electron chi connectivity index (χ0n) is 9.64. The smallest absolute Gasteiger partial charge is 0.106 e. The van der Waals surface area contributed by atoms with Gasteiger partial charge in [0, 0.05) is 32.7 Å². The minimum absolute atomic E-state index is 0.0669. The summed E-state index contributed by atoms with van der Waals surface area (Å²) in [7, 11) is 1.78. The van der Waals surface area contributed by atoms with Crippen LogP contribution in [0.4, 0.5) is 0 Å². The number of methoxy groups -OCH3 is 1. The lowest BCUT2D eigenvalue weighted by atomic mass is 10.0. The van der Waals surface area contributed by atoms with E-state index in [4.69, 9.17) is 9.47 Å². The molecule has 0 amide bonds. The molecule has 0 aromatic carbocycles. The van der Waals surface area contributed by atoms with Gasteiger partial charge in [-0.25, -0.2) is 0 Å². The number of hydrogen-bond acceptors (Lipinski definition) is 3. The Morgan fingerprint density at radius 1 is 1.43 bits per heavy atom. The first kappa shape index (κ1) is 12.0. The predicted octanol–water partition coefficient (Wildman–Crippen LogP) is 1.57. The summed E-state index contributed by atoms with van der Waals surface area (Å²) in [5, 5.41) is 3.55. The Bertz CT molecular complexity index is 151. The zero-order valence-corrected chi connectivity index (χ0v) is 9.64. The van der Waals surface area contributed by atoms with Gasteiger partial charge in [-0.3, -0.25) is 0 Å². The second-order valence-corrected chi connectivity index (χ2v) is 4.08. The molecule has 1 fully saturated rings. The fourth-order valence-corrected chi connectivity index (χ4v) is 1.87. The van der Waals surface area contributed by atoms with Gasteiger partial charge in [-0.05, 0) is 12.8 Å². The van der Waals surface area contributed by atoms with Crippen molar-refractivity contribution >= 4 is 0 Å². The molecule has 0 aliphatic carbocycles. The second-order valence-electron chi connectivity index (χ2n) is 4.08. The summed E-state index contributed by atoms with van der Waals surface area (Å²) < 4.78 is 10.9. The van der Waals surface area contributed by atoms with Crippen LogP contribution in [0, 0.1) is 0 Å². The van der Waals surface area contributed by atoms with Crippen molar-refractivity contribution in [3.8, 4) is 0 Å². The van der Waals surface area contributed by atoms with Crippen molar-refractivity contribution < 1.29 is 9.47 Å². The molecule has 1 N–H and O–H groups in total. The monoisotopic (exact) mass is 201 g/mol. The van der Waals surface area contributed by atoms with Crippen molar-refractivity contribution in [1.29, 1.82) is 0 Å². The summed E-state index contributed by atoms with van der Waals surface area (Å²) in [6, 6.07) is 0.614. The van der Waals surface area contributed by atoms with E-state index in [9.17, 15) is 0 Å². The van der Waals surface area contributed by atoms with Crippen LogP contribution in [0.5, 0.6) is 0 Å². The molecule has 0 aromatic heterocycles. The second kappa shape index (κ2) is 5.69. The number of ether oxygens (including phenoxy) is 2. The maximum atomic E-state index is 5.55. The van der Waals surface area contributed by atoms with Gasteiger partial charge >= 0.3 is 0 Å². The Morgan fingerprint density at radius 3 is 2.57 bits per heavy atom. The van der Waals surface area contributed by atoms with Gasteiger partial charge in [0.25, 0.3) is 0 Å². The van der Waals surface area contributed by atoms with Crippen LogP contribution in [-0.4, -0.2) is 38.5 Å². The highest BCUT2D eigenvalue weighted by atomic mass is 16.5. The normalized spacial score (nSPS) is 27.4. The third-order valence-electron chi connectivity index (χ3n) is 3.20. The van der Waals surface area contributed by atoms with E-state index in [0.717, 1.165) is 26.2 Å². The molecule has 0 radical (unpaired) electrons. The largest absolute Gasteiger partial charge is 0.378 e. The molecule has 1 rings (SSSR count). The average molecular weight is 201 g/mol. The van der Waals surface area contributed by atoms with Gasteiger partial charge in [0.05, 0.1) is 6.61 Å². The number of hydrogen-bond donors (Lipinski definition) is 1. The van der Waals surface area contributed by atoms with Crippen LogP contribution < -0.4 is 5.32 Å². The summed E-state index contributed by atoms with van der Waals surface area (Å²) in [5.41, 5.74) is -0.0669. The summed E-state index contributed by atoms with van der Waals surface area (Å²) in [6.07, 6.45) is 3.37. The molecule has 3 nitrogen and oxygen atoms in total. The summed E-state index contributed by atoms with van der Waals surface area (Å²) in [4.78, 5) is 0. The van der Waals surface area contributed by atoms with Crippen LogP contribution in [0.1, 0.15) is 33.1 Å². The van der Waals surface area contributed by atoms with E-state index in [-0.39, 0.29) is 5.60 Å². The molecule has 1 heterocycles. The maximum absolute atomic E-state index is 5.55. The highest BCUT2D eigenvalue weighted by Gasteiger charge is 2.34. The van der Waals surface area contributed by atoms with E-state index >= 15 is 0 Å². The van der Waals surface area contributed by atoms with Gasteiger partial charge in [0.2, 0.25) is 0 Å². The molecular formula is C11H23NO2. The van der Waals surface area contributed by atoms with E-state index in [1.54, 1.807) is 7.11 Å². The lowest BCUT2D eigenvalue weighted by molar-refractivity contribution is -0.0176. The minimum Gasteiger partial charge on any atom is -0.378 e. The molecule has 1 aliphatic heterocycles. The molecule has 14 heavy (non-hydrogen) atoms. The van der Waals surface area contributed by atoms with Gasteiger partial charge < -0.3 is 14.8 Å². The Morgan fingerprint density at radius 2 is 2.14 bits per heavy atom. The Labute approximate surface area is 87.2 Å². The summed E-state index contributed by atoms with van der Waals surface area (Å²) in [6.45, 7) is 6.91. The molecule has 1 aliphatic rings. The molecule has 0 saturated carbocycles. The van der Waals surface area contributed by atoms with Gasteiger partial charge in [-0.1, -0.05) is 13.8 Å². The van der Waals surface area contributed by atoms with E-state index in [1.165, 1.54) is 12.8 Å². The summed E-state index contributed by atoms with van der Waals surface area (Å²) in [5.74, 6) is 0. The molecule has 1 saturated heterocycles. The average Bonchev–Trinajstić information content (AvgIpc) is 2.69. The van der Waals surface area contributed by atoms with Crippen molar-refractivity contribution in [3.63, 3.8) is 0 Å². The highest BCUT2D eigenvalue weighted by Crippen LogP contribution is 2.21. The fraction of sp³-hybridized carbons (Fsp3) is 1.00. The summed E-state index contributed by atoms with van der Waals surface area (Å²) >= 11 is 0. The first-order valence-electron chi connectivity index (χ1n) is 5.62. The molecule has 3 heteroatoms. The Kier molecular flexibility index (Phi) is 4.85. The van der Waals surface area contributed by atoms with Crippen LogP contribution in [0.2, 0.25) is 0 Å². The molecule has 0 aromatic rings. The zero-order chi connectivity index (χ0) is 10.4. The molecule has 84 valence electrons. The number of nitrogens with one attached hydrogen (secondary N) is 1. The Balaban J connectivity index is 2.33. The third kappa shape index (κ3) is 2.94. The minimum atomic E-state index is -0.0669. The predicted molar refractivity (Wildman–Crippen MR) is 57.5 cm³/mol. The van der Waals surface area contributed by atoms with Crippen LogP contribution in [0.15, 0.2) is 0 Å². The Hall–Kier alpha value is -0.120. The van der Waals surface area contributed by atoms with Gasteiger partial charge in [0.1, 0.15) is 5.60 Å². The molecule has 0 spiro atoms. The molecule has 1 unspecified atom stereocenters. The van der Waals surface area contributed by atoms with Crippen molar-refractivity contribution in [2.75, 3.05) is 26.9 Å². The van der Waals surface area contributed by atoms with Crippen LogP contribution in [0.25, 0.3) is 0 Å². The van der Waals surface area contributed by atoms with E-state index in [0.29, 0.717) is 6.04 Å². The number of rotatable bonds is 6. The maximum Gasteiger partial charge on any atom is 0.106 e. The van der Waals surface area contributed by atoms with Crippen molar-refractivity contribution in [1.82, 2.24) is 5.32 Å². The first-order valence-corrected chi connectivity index (χ1v) is 5.62. The standard InChI is InChI=1S/C11H23NO2/c1-4-10(5-2)12-8-11(13-3)6-7-14-9-11/h10,12H,4-9H2,1-3H3. The van der Waals surface area contributed by atoms with Gasteiger partial charge in [0.15, 0.2) is 0 Å². The van der Waals surface area contributed by atoms with Crippen molar-refractivity contribution in [2.45, 2.75) is 44.8 Å². The van der Waals surface area contributed by atoms with Crippen LogP contribution in [0.3, 0.4) is 0 Å². The quantitative estimate of drug-likeness (QED) is 0.707. The SMILES string of the molecule is CCC(CC)NCC1(OC)CCOC1. The van der Waals surface area contributed by atoms with E-state index in [1.807, 2.05) is 0 Å². The molecule has 0 bridgehead atoms. The van der Waals surface area contributed by atoms with Crippen molar-refractivity contribution in [3.05, 3.63) is 0 Å². The van der Waals surface area contributed by atoms with E-state index in [2.05, 4.69) is 19.2 Å².